The largest absolute Gasteiger partial charge is 0.465 e. The van der Waals surface area contributed by atoms with Crippen LogP contribution in [0.3, 0.4) is 0 Å². The van der Waals surface area contributed by atoms with Gasteiger partial charge in [-0.3, -0.25) is 19.7 Å². The Morgan fingerprint density at radius 3 is 2.33 bits per heavy atom. The van der Waals surface area contributed by atoms with Gasteiger partial charge in [0, 0.05) is 11.3 Å². The van der Waals surface area contributed by atoms with Gasteiger partial charge in [0.1, 0.15) is 11.2 Å². The van der Waals surface area contributed by atoms with Crippen molar-refractivity contribution in [1.82, 2.24) is 0 Å². The maximum absolute atomic E-state index is 11.5. The van der Waals surface area contributed by atoms with Gasteiger partial charge in [-0.15, -0.1) is 0 Å². The van der Waals surface area contributed by atoms with E-state index in [1.807, 2.05) is 0 Å². The van der Waals surface area contributed by atoms with Gasteiger partial charge in [-0.1, -0.05) is 0 Å². The van der Waals surface area contributed by atoms with Gasteiger partial charge >= 0.3 is 5.97 Å². The van der Waals surface area contributed by atoms with Gasteiger partial charge in [0.2, 0.25) is 6.54 Å². The Kier molecular flexibility index (Phi) is 4.90. The van der Waals surface area contributed by atoms with Crippen LogP contribution >= 0.6 is 0 Å². The zero-order valence-corrected chi connectivity index (χ0v) is 9.11. The lowest BCUT2D eigenvalue weighted by Gasteiger charge is -2.21. The number of hydrogen-bond acceptors (Lipinski definition) is 5. The van der Waals surface area contributed by atoms with Crippen LogP contribution in [0.2, 0.25) is 0 Å². The Bertz CT molecular complexity index is 258. The fraction of sp³-hybridized carbons (Fsp3) is 0.778. The van der Waals surface area contributed by atoms with E-state index in [1.165, 1.54) is 13.8 Å². The van der Waals surface area contributed by atoms with Gasteiger partial charge in [0.25, 0.3) is 0 Å². The smallest absolute Gasteiger partial charge is 0.318 e. The summed E-state index contributed by atoms with van der Waals surface area (Å²) in [7, 11) is 0. The van der Waals surface area contributed by atoms with Crippen molar-refractivity contribution < 1.29 is 19.2 Å². The van der Waals surface area contributed by atoms with E-state index in [-0.39, 0.29) is 18.8 Å². The zero-order chi connectivity index (χ0) is 12.1. The maximum Gasteiger partial charge on any atom is 0.318 e. The Hall–Kier alpha value is -1.46. The summed E-state index contributed by atoms with van der Waals surface area (Å²) >= 11 is 0. The third kappa shape index (κ3) is 4.53. The first-order valence-electron chi connectivity index (χ1n) is 4.60. The number of esters is 1. The third-order valence-electron chi connectivity index (χ3n) is 1.89. The standard InChI is InChI=1S/C9H15NO5/c1-4-15-8(12)9(3,5-7(2)11)6-10(13)14/h4-6H2,1-3H3/t9-/m0/s1. The Morgan fingerprint density at radius 1 is 1.47 bits per heavy atom. The molecule has 1 atom stereocenters. The second-order valence-electron chi connectivity index (χ2n) is 3.65. The van der Waals surface area contributed by atoms with Gasteiger partial charge < -0.3 is 4.74 Å². The highest BCUT2D eigenvalue weighted by atomic mass is 16.6. The van der Waals surface area contributed by atoms with Gasteiger partial charge in [-0.2, -0.15) is 0 Å². The van der Waals surface area contributed by atoms with Gasteiger partial charge in [0.15, 0.2) is 0 Å². The van der Waals surface area contributed by atoms with Gasteiger partial charge in [0.05, 0.1) is 6.61 Å². The molecule has 0 unspecified atom stereocenters. The first-order valence-corrected chi connectivity index (χ1v) is 4.60. The molecule has 0 spiro atoms. The Morgan fingerprint density at radius 2 is 2.00 bits per heavy atom. The van der Waals surface area contributed by atoms with Crippen molar-refractivity contribution in [1.29, 1.82) is 0 Å². The molecule has 15 heavy (non-hydrogen) atoms. The quantitative estimate of drug-likeness (QED) is 0.373. The molecule has 0 aliphatic carbocycles. The summed E-state index contributed by atoms with van der Waals surface area (Å²) in [5, 5.41) is 10.4. The van der Waals surface area contributed by atoms with E-state index < -0.39 is 22.9 Å². The molecule has 0 rings (SSSR count). The van der Waals surface area contributed by atoms with Crippen LogP contribution in [0.15, 0.2) is 0 Å². The lowest BCUT2D eigenvalue weighted by molar-refractivity contribution is -0.493. The summed E-state index contributed by atoms with van der Waals surface area (Å²) in [6.07, 6.45) is -0.174. The van der Waals surface area contributed by atoms with Crippen molar-refractivity contribution in [2.24, 2.45) is 5.41 Å². The van der Waals surface area contributed by atoms with Crippen LogP contribution in [0, 0.1) is 15.5 Å². The topological polar surface area (TPSA) is 86.5 Å². The molecule has 0 radical (unpaired) electrons. The van der Waals surface area contributed by atoms with Gasteiger partial charge in [-0.05, 0) is 20.8 Å². The molecule has 6 heteroatoms. The number of carbonyl (C=O) groups excluding carboxylic acids is 2. The molecule has 0 aromatic rings. The number of Topliss-reactive ketones (excluding diaryl/α,β-unsaturated/α-hetero) is 1. The average molecular weight is 217 g/mol. The number of rotatable bonds is 6. The monoisotopic (exact) mass is 217 g/mol. The summed E-state index contributed by atoms with van der Waals surface area (Å²) < 4.78 is 4.71. The van der Waals surface area contributed by atoms with E-state index in [1.54, 1.807) is 6.92 Å². The molecule has 0 aromatic carbocycles. The maximum atomic E-state index is 11.5. The van der Waals surface area contributed by atoms with Crippen LogP contribution in [0.4, 0.5) is 0 Å². The number of nitrogens with zero attached hydrogens (tertiary/aromatic N) is 1. The van der Waals surface area contributed by atoms with Crippen molar-refractivity contribution in [3.63, 3.8) is 0 Å². The Balaban J connectivity index is 4.74. The summed E-state index contributed by atoms with van der Waals surface area (Å²) in [6.45, 7) is 3.82. The van der Waals surface area contributed by atoms with Crippen LogP contribution in [-0.2, 0) is 14.3 Å². The van der Waals surface area contributed by atoms with E-state index in [0.29, 0.717) is 0 Å². The number of ether oxygens (including phenoxy) is 1. The average Bonchev–Trinajstić information content (AvgIpc) is 2.01. The second kappa shape index (κ2) is 5.43. The van der Waals surface area contributed by atoms with E-state index in [0.717, 1.165) is 0 Å². The molecule has 86 valence electrons. The molecule has 0 N–H and O–H groups in total. The summed E-state index contributed by atoms with van der Waals surface area (Å²) in [4.78, 5) is 32.2. The molecule has 0 aliphatic heterocycles. The number of hydrogen-bond donors (Lipinski definition) is 0. The predicted molar refractivity (Wildman–Crippen MR) is 51.9 cm³/mol. The highest BCUT2D eigenvalue weighted by Crippen LogP contribution is 2.24. The molecule has 0 aliphatic rings. The lowest BCUT2D eigenvalue weighted by atomic mass is 9.85. The fourth-order valence-corrected chi connectivity index (χ4v) is 1.33. The number of ketones is 1. The first-order chi connectivity index (χ1) is 6.81. The number of carbonyl (C=O) groups is 2. The Labute approximate surface area is 87.7 Å². The molecule has 0 saturated heterocycles. The van der Waals surface area contributed by atoms with E-state index >= 15 is 0 Å². The highest BCUT2D eigenvalue weighted by Gasteiger charge is 2.41. The SMILES string of the molecule is CCOC(=O)[C@@](C)(CC(C)=O)C[N+](=O)[O-]. The minimum atomic E-state index is -1.36. The first kappa shape index (κ1) is 13.5. The molecular formula is C9H15NO5. The molecular weight excluding hydrogens is 202 g/mol. The van der Waals surface area contributed by atoms with Crippen LogP contribution in [0.5, 0.6) is 0 Å². The molecule has 0 aromatic heterocycles. The summed E-state index contributed by atoms with van der Waals surface area (Å²) in [5.41, 5.74) is -1.36. The van der Waals surface area contributed by atoms with E-state index in [4.69, 9.17) is 4.74 Å². The zero-order valence-electron chi connectivity index (χ0n) is 9.11. The van der Waals surface area contributed by atoms with Crippen molar-refractivity contribution in [3.8, 4) is 0 Å². The van der Waals surface area contributed by atoms with Crippen LogP contribution in [0.1, 0.15) is 27.2 Å². The second-order valence-corrected chi connectivity index (χ2v) is 3.65. The van der Waals surface area contributed by atoms with Crippen molar-refractivity contribution in [3.05, 3.63) is 10.1 Å². The highest BCUT2D eigenvalue weighted by molar-refractivity contribution is 5.85. The number of nitro groups is 1. The summed E-state index contributed by atoms with van der Waals surface area (Å²) in [6, 6.07) is 0. The van der Waals surface area contributed by atoms with Crippen LogP contribution in [0.25, 0.3) is 0 Å². The third-order valence-corrected chi connectivity index (χ3v) is 1.89. The molecule has 0 fully saturated rings. The lowest BCUT2D eigenvalue weighted by Crippen LogP contribution is -2.38. The molecule has 0 saturated carbocycles. The van der Waals surface area contributed by atoms with Gasteiger partial charge in [-0.25, -0.2) is 0 Å². The van der Waals surface area contributed by atoms with E-state index in [2.05, 4.69) is 0 Å². The normalized spacial score (nSPS) is 14.1. The molecule has 0 heterocycles. The van der Waals surface area contributed by atoms with Crippen molar-refractivity contribution in [2.45, 2.75) is 27.2 Å². The van der Waals surface area contributed by atoms with Crippen molar-refractivity contribution in [2.75, 3.05) is 13.2 Å². The molecule has 0 amide bonds. The minimum absolute atomic E-state index is 0.143. The van der Waals surface area contributed by atoms with E-state index in [9.17, 15) is 19.7 Å². The van der Waals surface area contributed by atoms with Crippen LogP contribution in [-0.4, -0.2) is 29.8 Å². The van der Waals surface area contributed by atoms with Crippen molar-refractivity contribution >= 4 is 11.8 Å². The molecule has 6 nitrogen and oxygen atoms in total. The minimum Gasteiger partial charge on any atom is -0.465 e. The molecule has 0 bridgehead atoms. The predicted octanol–water partition coefficient (Wildman–Crippen LogP) is 0.812. The van der Waals surface area contributed by atoms with Crippen LogP contribution < -0.4 is 0 Å². The fourth-order valence-electron chi connectivity index (χ4n) is 1.33. The summed E-state index contributed by atoms with van der Waals surface area (Å²) in [5.74, 6) is -0.968.